The van der Waals surface area contributed by atoms with Gasteiger partial charge in [0.25, 0.3) is 11.8 Å². The van der Waals surface area contributed by atoms with Gasteiger partial charge in [-0.3, -0.25) is 9.59 Å². The Labute approximate surface area is 121 Å². The summed E-state index contributed by atoms with van der Waals surface area (Å²) < 4.78 is 0. The monoisotopic (exact) mass is 277 g/mol. The maximum Gasteiger partial charge on any atom is 0.258 e. The van der Waals surface area contributed by atoms with Gasteiger partial charge >= 0.3 is 0 Å². The lowest BCUT2D eigenvalue weighted by Crippen LogP contribution is -2.29. The number of hydrogen-bond acceptors (Lipinski definition) is 4. The zero-order chi connectivity index (χ0) is 14.7. The zero-order valence-corrected chi connectivity index (χ0v) is 11.0. The number of nitrogens with zero attached hydrogens (tertiary/aromatic N) is 3. The van der Waals surface area contributed by atoms with Gasteiger partial charge in [0, 0.05) is 12.2 Å². The van der Waals surface area contributed by atoms with Gasteiger partial charge in [-0.1, -0.05) is 30.3 Å². The van der Waals surface area contributed by atoms with Gasteiger partial charge in [0.1, 0.15) is 5.69 Å². The van der Waals surface area contributed by atoms with E-state index < -0.39 is 0 Å². The predicted octanol–water partition coefficient (Wildman–Crippen LogP) is 3.53. The van der Waals surface area contributed by atoms with Crippen molar-refractivity contribution < 1.29 is 9.59 Å². The standard InChI is InChI=1S/C16H11N3O2/c20-15-10-11-16(21)19(15)14-9-5-4-8-13(14)18-17-12-6-2-1-3-7-12/h1-11H. The van der Waals surface area contributed by atoms with E-state index in [1.165, 1.54) is 12.2 Å². The van der Waals surface area contributed by atoms with E-state index in [1.807, 2.05) is 30.3 Å². The molecule has 1 heterocycles. The first-order chi connectivity index (χ1) is 10.3. The van der Waals surface area contributed by atoms with Crippen molar-refractivity contribution in [2.75, 3.05) is 4.90 Å². The van der Waals surface area contributed by atoms with E-state index >= 15 is 0 Å². The van der Waals surface area contributed by atoms with Gasteiger partial charge in [-0.25, -0.2) is 4.90 Å². The molecule has 0 radical (unpaired) electrons. The highest BCUT2D eigenvalue weighted by atomic mass is 16.2. The van der Waals surface area contributed by atoms with Crippen molar-refractivity contribution in [3.8, 4) is 0 Å². The minimum atomic E-state index is -0.373. The summed E-state index contributed by atoms with van der Waals surface area (Å²) in [5.74, 6) is -0.746. The Hall–Kier alpha value is -3.08. The molecule has 2 aromatic rings. The van der Waals surface area contributed by atoms with Crippen LogP contribution in [-0.4, -0.2) is 11.8 Å². The topological polar surface area (TPSA) is 62.1 Å². The number of amides is 2. The van der Waals surface area contributed by atoms with Gasteiger partial charge in [0.15, 0.2) is 0 Å². The summed E-state index contributed by atoms with van der Waals surface area (Å²) in [5, 5.41) is 8.25. The van der Waals surface area contributed by atoms with E-state index in [1.54, 1.807) is 24.3 Å². The van der Waals surface area contributed by atoms with Crippen molar-refractivity contribution in [3.63, 3.8) is 0 Å². The second kappa shape index (κ2) is 5.50. The molecule has 3 rings (SSSR count). The first kappa shape index (κ1) is 12.9. The molecule has 0 aliphatic carbocycles. The zero-order valence-electron chi connectivity index (χ0n) is 11.0. The maximum atomic E-state index is 11.8. The molecule has 0 saturated heterocycles. The SMILES string of the molecule is O=C1C=CC(=O)N1c1ccccc1N=Nc1ccccc1. The fourth-order valence-corrected chi connectivity index (χ4v) is 1.98. The normalized spacial score (nSPS) is 14.4. The van der Waals surface area contributed by atoms with Crippen LogP contribution < -0.4 is 4.90 Å². The number of carbonyl (C=O) groups is 2. The van der Waals surface area contributed by atoms with Crippen LogP contribution in [0.15, 0.2) is 77.0 Å². The number of para-hydroxylation sites is 1. The van der Waals surface area contributed by atoms with E-state index in [4.69, 9.17) is 0 Å². The van der Waals surface area contributed by atoms with E-state index in [0.717, 1.165) is 4.90 Å². The van der Waals surface area contributed by atoms with Gasteiger partial charge in [0.2, 0.25) is 0 Å². The Morgan fingerprint density at radius 1 is 0.714 bits per heavy atom. The van der Waals surface area contributed by atoms with Crippen LogP contribution in [0.25, 0.3) is 0 Å². The van der Waals surface area contributed by atoms with Gasteiger partial charge in [0.05, 0.1) is 11.4 Å². The molecular formula is C16H11N3O2. The van der Waals surface area contributed by atoms with Crippen LogP contribution in [0.2, 0.25) is 0 Å². The number of azo groups is 1. The molecular weight excluding hydrogens is 266 g/mol. The minimum Gasteiger partial charge on any atom is -0.269 e. The summed E-state index contributed by atoms with van der Waals surface area (Å²) in [6.45, 7) is 0. The number of benzene rings is 2. The summed E-state index contributed by atoms with van der Waals surface area (Å²) >= 11 is 0. The third kappa shape index (κ3) is 2.62. The molecule has 2 amide bonds. The van der Waals surface area contributed by atoms with Crippen molar-refractivity contribution in [2.24, 2.45) is 10.2 Å². The third-order valence-corrected chi connectivity index (χ3v) is 2.96. The number of hydrogen-bond donors (Lipinski definition) is 0. The average molecular weight is 277 g/mol. The van der Waals surface area contributed by atoms with Gasteiger partial charge < -0.3 is 0 Å². The number of rotatable bonds is 3. The Morgan fingerprint density at radius 2 is 1.33 bits per heavy atom. The van der Waals surface area contributed by atoms with Crippen molar-refractivity contribution in [2.45, 2.75) is 0 Å². The number of anilines is 1. The van der Waals surface area contributed by atoms with Crippen LogP contribution in [-0.2, 0) is 9.59 Å². The van der Waals surface area contributed by atoms with Crippen LogP contribution in [0.4, 0.5) is 17.1 Å². The lowest BCUT2D eigenvalue weighted by Gasteiger charge is -2.15. The van der Waals surface area contributed by atoms with Crippen molar-refractivity contribution in [3.05, 3.63) is 66.7 Å². The molecule has 2 aromatic carbocycles. The molecule has 1 aliphatic rings. The Morgan fingerprint density at radius 3 is 2.05 bits per heavy atom. The van der Waals surface area contributed by atoms with Crippen molar-refractivity contribution in [1.29, 1.82) is 0 Å². The highest BCUT2D eigenvalue weighted by Crippen LogP contribution is 2.31. The summed E-state index contributed by atoms with van der Waals surface area (Å²) in [6.07, 6.45) is 2.49. The van der Waals surface area contributed by atoms with E-state index in [2.05, 4.69) is 10.2 Å². The summed E-state index contributed by atoms with van der Waals surface area (Å²) in [7, 11) is 0. The highest BCUT2D eigenvalue weighted by Gasteiger charge is 2.26. The summed E-state index contributed by atoms with van der Waals surface area (Å²) in [6, 6.07) is 16.1. The second-order valence-corrected chi connectivity index (χ2v) is 4.37. The van der Waals surface area contributed by atoms with Crippen LogP contribution >= 0.6 is 0 Å². The largest absolute Gasteiger partial charge is 0.269 e. The Kier molecular flexibility index (Phi) is 3.39. The lowest BCUT2D eigenvalue weighted by molar-refractivity contribution is -0.119. The van der Waals surface area contributed by atoms with Crippen LogP contribution in [0, 0.1) is 0 Å². The van der Waals surface area contributed by atoms with E-state index in [0.29, 0.717) is 17.1 Å². The molecule has 0 fully saturated rings. The molecule has 0 aromatic heterocycles. The van der Waals surface area contributed by atoms with Gasteiger partial charge in [-0.2, -0.15) is 5.11 Å². The van der Waals surface area contributed by atoms with Gasteiger partial charge in [-0.05, 0) is 24.3 Å². The van der Waals surface area contributed by atoms with Gasteiger partial charge in [-0.15, -0.1) is 5.11 Å². The molecule has 1 aliphatic heterocycles. The van der Waals surface area contributed by atoms with Crippen LogP contribution in [0.1, 0.15) is 0 Å². The molecule has 0 unspecified atom stereocenters. The van der Waals surface area contributed by atoms with E-state index in [9.17, 15) is 9.59 Å². The maximum absolute atomic E-state index is 11.8. The fraction of sp³-hybridized carbons (Fsp3) is 0. The van der Waals surface area contributed by atoms with Crippen molar-refractivity contribution in [1.82, 2.24) is 0 Å². The number of imide groups is 1. The molecule has 0 saturated carbocycles. The molecule has 0 N–H and O–H groups in total. The van der Waals surface area contributed by atoms with Crippen LogP contribution in [0.5, 0.6) is 0 Å². The summed E-state index contributed by atoms with van der Waals surface area (Å²) in [4.78, 5) is 24.6. The second-order valence-electron chi connectivity index (χ2n) is 4.37. The molecule has 0 bridgehead atoms. The van der Waals surface area contributed by atoms with Crippen LogP contribution in [0.3, 0.4) is 0 Å². The summed E-state index contributed by atoms with van der Waals surface area (Å²) in [5.41, 5.74) is 1.59. The molecule has 5 nitrogen and oxygen atoms in total. The first-order valence-corrected chi connectivity index (χ1v) is 6.37. The smallest absolute Gasteiger partial charge is 0.258 e. The molecule has 0 spiro atoms. The lowest BCUT2D eigenvalue weighted by atomic mass is 10.2. The quantitative estimate of drug-likeness (QED) is 0.636. The fourth-order valence-electron chi connectivity index (χ4n) is 1.98. The number of carbonyl (C=O) groups excluding carboxylic acids is 2. The molecule has 21 heavy (non-hydrogen) atoms. The first-order valence-electron chi connectivity index (χ1n) is 6.37. The predicted molar refractivity (Wildman–Crippen MR) is 78.7 cm³/mol. The average Bonchev–Trinajstić information content (AvgIpc) is 2.85. The molecule has 102 valence electrons. The molecule has 0 atom stereocenters. The minimum absolute atomic E-state index is 0.373. The third-order valence-electron chi connectivity index (χ3n) is 2.96. The highest BCUT2D eigenvalue weighted by molar-refractivity contribution is 6.29. The Bertz CT molecular complexity index is 733. The molecule has 5 heteroatoms. The van der Waals surface area contributed by atoms with Crippen molar-refractivity contribution >= 4 is 28.9 Å². The van der Waals surface area contributed by atoms with E-state index in [-0.39, 0.29) is 11.8 Å². The Balaban J connectivity index is 1.95.